The first-order valence-corrected chi connectivity index (χ1v) is 11.6. The molecule has 28 heavy (non-hydrogen) atoms. The number of rotatable bonds is 5. The molecule has 1 fully saturated rings. The number of piperidine rings is 1. The minimum absolute atomic E-state index is 0.250. The van der Waals surface area contributed by atoms with Crippen molar-refractivity contribution in [2.24, 2.45) is 5.92 Å². The Balaban J connectivity index is 1.44. The van der Waals surface area contributed by atoms with Gasteiger partial charge in [0.05, 0.1) is 4.90 Å². The maximum atomic E-state index is 12.8. The number of thiophene rings is 1. The monoisotopic (exact) mass is 438 g/mol. The van der Waals surface area contributed by atoms with E-state index in [2.05, 4.69) is 10.2 Å². The van der Waals surface area contributed by atoms with Crippen molar-refractivity contribution in [1.29, 1.82) is 0 Å². The van der Waals surface area contributed by atoms with Crippen LogP contribution in [0.25, 0.3) is 5.00 Å². The molecule has 0 spiro atoms. The Labute approximate surface area is 171 Å². The van der Waals surface area contributed by atoms with Gasteiger partial charge < -0.3 is 0 Å². The summed E-state index contributed by atoms with van der Waals surface area (Å²) in [6, 6.07) is 10.0. The third kappa shape index (κ3) is 3.80. The summed E-state index contributed by atoms with van der Waals surface area (Å²) in [5, 5.41) is 9.95. The fourth-order valence-corrected chi connectivity index (χ4v) is 5.80. The predicted molar refractivity (Wildman–Crippen MR) is 109 cm³/mol. The Morgan fingerprint density at radius 1 is 1.18 bits per heavy atom. The Hall–Kier alpha value is -1.94. The first-order chi connectivity index (χ1) is 13.4. The zero-order valence-electron chi connectivity index (χ0n) is 14.9. The Morgan fingerprint density at radius 2 is 1.89 bits per heavy atom. The molecule has 2 aromatic heterocycles. The van der Waals surface area contributed by atoms with Gasteiger partial charge in [-0.3, -0.25) is 0 Å². The van der Waals surface area contributed by atoms with Crippen LogP contribution in [-0.4, -0.2) is 40.6 Å². The van der Waals surface area contributed by atoms with Crippen molar-refractivity contribution in [1.82, 2.24) is 19.1 Å². The number of hydrogen-bond donors (Lipinski definition) is 1. The van der Waals surface area contributed by atoms with E-state index in [0.29, 0.717) is 30.4 Å². The van der Waals surface area contributed by atoms with Crippen molar-refractivity contribution in [2.45, 2.75) is 24.2 Å². The Kier molecular flexibility index (Phi) is 5.42. The van der Waals surface area contributed by atoms with Gasteiger partial charge in [-0.25, -0.2) is 22.9 Å². The normalized spacial score (nSPS) is 16.5. The van der Waals surface area contributed by atoms with E-state index in [0.717, 1.165) is 17.8 Å². The van der Waals surface area contributed by atoms with Gasteiger partial charge in [0.15, 0.2) is 0 Å². The average molecular weight is 439 g/mol. The van der Waals surface area contributed by atoms with Gasteiger partial charge in [0.1, 0.15) is 10.8 Å². The third-order valence-electron chi connectivity index (χ3n) is 4.96. The number of benzene rings is 1. The predicted octanol–water partition coefficient (Wildman–Crippen LogP) is 2.92. The van der Waals surface area contributed by atoms with Gasteiger partial charge in [-0.1, -0.05) is 11.6 Å². The fourth-order valence-electron chi connectivity index (χ4n) is 3.46. The van der Waals surface area contributed by atoms with Crippen molar-refractivity contribution in [3.8, 4) is 5.00 Å². The minimum atomic E-state index is -3.52. The van der Waals surface area contributed by atoms with Crippen LogP contribution in [0.3, 0.4) is 0 Å². The van der Waals surface area contributed by atoms with Gasteiger partial charge in [0.25, 0.3) is 0 Å². The molecule has 0 atom stereocenters. The lowest BCUT2D eigenvalue weighted by Gasteiger charge is -2.31. The molecule has 0 amide bonds. The number of hydrogen-bond acceptors (Lipinski definition) is 5. The highest BCUT2D eigenvalue weighted by atomic mass is 35.5. The van der Waals surface area contributed by atoms with Crippen LogP contribution >= 0.6 is 22.9 Å². The van der Waals surface area contributed by atoms with Crippen LogP contribution in [-0.2, 0) is 16.4 Å². The van der Waals surface area contributed by atoms with E-state index in [4.69, 9.17) is 11.6 Å². The summed E-state index contributed by atoms with van der Waals surface area (Å²) in [4.78, 5) is 12.4. The number of H-pyrrole nitrogens is 1. The molecule has 0 radical (unpaired) electrons. The highest BCUT2D eigenvalue weighted by molar-refractivity contribution is 7.89. The lowest BCUT2D eigenvalue weighted by Crippen LogP contribution is -2.39. The van der Waals surface area contributed by atoms with E-state index < -0.39 is 10.0 Å². The first-order valence-electron chi connectivity index (χ1n) is 8.91. The molecule has 7 nitrogen and oxygen atoms in total. The number of aromatic nitrogens is 3. The van der Waals surface area contributed by atoms with E-state index in [1.54, 1.807) is 16.7 Å². The average Bonchev–Trinajstić information content (AvgIpc) is 3.32. The quantitative estimate of drug-likeness (QED) is 0.663. The van der Waals surface area contributed by atoms with E-state index in [1.165, 1.54) is 27.8 Å². The number of nitrogens with one attached hydrogen (secondary N) is 1. The molecule has 1 N–H and O–H groups in total. The van der Waals surface area contributed by atoms with Crippen LogP contribution < -0.4 is 5.69 Å². The van der Waals surface area contributed by atoms with Crippen LogP contribution in [0, 0.1) is 5.92 Å². The van der Waals surface area contributed by atoms with E-state index in [-0.39, 0.29) is 16.5 Å². The van der Waals surface area contributed by atoms with Crippen LogP contribution in [0.15, 0.2) is 51.5 Å². The molecule has 0 aliphatic carbocycles. The van der Waals surface area contributed by atoms with E-state index in [1.807, 2.05) is 17.5 Å². The van der Waals surface area contributed by atoms with E-state index >= 15 is 0 Å². The Morgan fingerprint density at radius 3 is 2.54 bits per heavy atom. The summed E-state index contributed by atoms with van der Waals surface area (Å²) >= 11 is 7.33. The first kappa shape index (κ1) is 19.4. The molecular formula is C18H19ClN4O3S2. The molecule has 1 aliphatic heterocycles. The molecule has 4 rings (SSSR count). The molecule has 3 heterocycles. The molecule has 0 unspecified atom stereocenters. The van der Waals surface area contributed by atoms with Gasteiger partial charge in [0.2, 0.25) is 10.0 Å². The summed E-state index contributed by atoms with van der Waals surface area (Å²) in [7, 11) is -3.52. The second kappa shape index (κ2) is 7.82. The number of sulfonamides is 1. The lowest BCUT2D eigenvalue weighted by atomic mass is 9.94. The topological polar surface area (TPSA) is 88.1 Å². The largest absolute Gasteiger partial charge is 0.348 e. The van der Waals surface area contributed by atoms with Gasteiger partial charge in [-0.2, -0.15) is 9.40 Å². The van der Waals surface area contributed by atoms with Gasteiger partial charge in [-0.15, -0.1) is 11.3 Å². The van der Waals surface area contributed by atoms with Crippen LogP contribution in [0.2, 0.25) is 5.02 Å². The summed E-state index contributed by atoms with van der Waals surface area (Å²) in [5.74, 6) is 0.956. The standard InChI is InChI=1S/C18H19ClN4O3S2/c19-14-3-5-15(6-4-14)28(25,26)22-9-7-13(8-10-22)12-16-20-21-18(24)23(16)17-2-1-11-27-17/h1-6,11,13H,7-10,12H2,(H,21,24). The Bertz CT molecular complexity index is 1100. The molecule has 1 aliphatic rings. The highest BCUT2D eigenvalue weighted by Gasteiger charge is 2.30. The van der Waals surface area contributed by atoms with Crippen LogP contribution in [0.5, 0.6) is 0 Å². The van der Waals surface area contributed by atoms with Gasteiger partial charge in [0, 0.05) is 24.5 Å². The van der Waals surface area contributed by atoms with Crippen molar-refractivity contribution in [2.75, 3.05) is 13.1 Å². The van der Waals surface area contributed by atoms with Crippen molar-refractivity contribution < 1.29 is 8.42 Å². The van der Waals surface area contributed by atoms with E-state index in [9.17, 15) is 13.2 Å². The minimum Gasteiger partial charge on any atom is -0.246 e. The summed E-state index contributed by atoms with van der Waals surface area (Å²) < 4.78 is 28.7. The molecule has 0 bridgehead atoms. The molecule has 1 aromatic carbocycles. The molecule has 10 heteroatoms. The molecule has 3 aromatic rings. The third-order valence-corrected chi connectivity index (χ3v) is 7.98. The molecule has 148 valence electrons. The van der Waals surface area contributed by atoms with Gasteiger partial charge in [-0.05, 0) is 60.5 Å². The van der Waals surface area contributed by atoms with Gasteiger partial charge >= 0.3 is 5.69 Å². The summed E-state index contributed by atoms with van der Waals surface area (Å²) in [5.41, 5.74) is -0.250. The van der Waals surface area contributed by atoms with Crippen molar-refractivity contribution in [3.63, 3.8) is 0 Å². The number of aromatic amines is 1. The smallest absolute Gasteiger partial charge is 0.246 e. The number of nitrogens with zero attached hydrogens (tertiary/aromatic N) is 3. The van der Waals surface area contributed by atoms with Crippen LogP contribution in [0.1, 0.15) is 18.7 Å². The summed E-state index contributed by atoms with van der Waals surface area (Å²) in [6.07, 6.45) is 2.07. The number of halogens is 1. The second-order valence-corrected chi connectivity index (χ2v) is 10.0. The molecule has 0 saturated carbocycles. The summed E-state index contributed by atoms with van der Waals surface area (Å²) in [6.45, 7) is 0.895. The lowest BCUT2D eigenvalue weighted by molar-refractivity contribution is 0.270. The zero-order chi connectivity index (χ0) is 19.7. The maximum absolute atomic E-state index is 12.8. The SMILES string of the molecule is O=c1[nH]nc(CC2CCN(S(=O)(=O)c3ccc(Cl)cc3)CC2)n1-c1cccs1. The van der Waals surface area contributed by atoms with Crippen LogP contribution in [0.4, 0.5) is 0 Å². The van der Waals surface area contributed by atoms with Crippen molar-refractivity contribution in [3.05, 3.63) is 63.1 Å². The zero-order valence-corrected chi connectivity index (χ0v) is 17.3. The highest BCUT2D eigenvalue weighted by Crippen LogP contribution is 2.27. The molecule has 1 saturated heterocycles. The second-order valence-electron chi connectivity index (χ2n) is 6.74. The fraction of sp³-hybridized carbons (Fsp3) is 0.333. The maximum Gasteiger partial charge on any atom is 0.348 e. The van der Waals surface area contributed by atoms with Crippen molar-refractivity contribution >= 4 is 33.0 Å². The molecular weight excluding hydrogens is 420 g/mol.